The van der Waals surface area contributed by atoms with Gasteiger partial charge in [0.25, 0.3) is 5.78 Å². The third-order valence-corrected chi connectivity index (χ3v) is 4.76. The van der Waals surface area contributed by atoms with Gasteiger partial charge in [0.2, 0.25) is 11.8 Å². The maximum atomic E-state index is 12.9. The summed E-state index contributed by atoms with van der Waals surface area (Å²) < 4.78 is 43.0. The molecule has 166 valence electrons. The molecule has 2 N–H and O–H groups in total. The summed E-state index contributed by atoms with van der Waals surface area (Å²) >= 11 is 0. The van der Waals surface area contributed by atoms with Gasteiger partial charge < -0.3 is 20.3 Å². The number of nitrogens with zero attached hydrogens (tertiary/aromatic N) is 1. The monoisotopic (exact) mass is 423 g/mol. The average molecular weight is 423 g/mol. The number of methoxy groups -OCH3 is 1. The van der Waals surface area contributed by atoms with Crippen molar-refractivity contribution in [3.05, 3.63) is 0 Å². The molecule has 0 aromatic carbocycles. The lowest BCUT2D eigenvalue weighted by Crippen LogP contribution is -2.58. The van der Waals surface area contributed by atoms with Crippen LogP contribution in [-0.2, 0) is 19.1 Å². The van der Waals surface area contributed by atoms with E-state index in [0.29, 0.717) is 6.42 Å². The predicted octanol–water partition coefficient (Wildman–Crippen LogP) is 1.63. The highest BCUT2D eigenvalue weighted by Crippen LogP contribution is 2.24. The second kappa shape index (κ2) is 9.93. The van der Waals surface area contributed by atoms with Gasteiger partial charge in [0, 0.05) is 6.54 Å². The maximum absolute atomic E-state index is 12.9. The molecule has 1 fully saturated rings. The van der Waals surface area contributed by atoms with E-state index in [-0.39, 0.29) is 18.9 Å². The minimum Gasteiger partial charge on any atom is -0.453 e. The standard InChI is InChI=1S/C18H28F3N3O5/c1-9(2)12(14(25)18(19,20)21)22-15(26)11-7-6-8-24(11)16(27)13(10(3)4)23-17(28)29-5/h9-13H,6-8H2,1-5H3,(H,22,26)(H,23,28)/t11?,12-,13?/m1/s1. The molecule has 0 aromatic heterocycles. The summed E-state index contributed by atoms with van der Waals surface area (Å²) in [5.74, 6) is -4.51. The molecule has 1 aliphatic heterocycles. The van der Waals surface area contributed by atoms with Crippen molar-refractivity contribution in [1.82, 2.24) is 15.5 Å². The van der Waals surface area contributed by atoms with E-state index in [2.05, 4.69) is 15.4 Å². The lowest BCUT2D eigenvalue weighted by Gasteiger charge is -2.31. The van der Waals surface area contributed by atoms with Gasteiger partial charge in [-0.05, 0) is 24.7 Å². The van der Waals surface area contributed by atoms with Crippen LogP contribution in [0, 0.1) is 11.8 Å². The number of halogens is 3. The number of ketones is 1. The largest absolute Gasteiger partial charge is 0.453 e. The fourth-order valence-electron chi connectivity index (χ4n) is 3.14. The number of alkyl carbamates (subject to hydrolysis) is 1. The van der Waals surface area contributed by atoms with Crippen molar-refractivity contribution in [2.24, 2.45) is 11.8 Å². The first-order chi connectivity index (χ1) is 13.3. The molecule has 2 unspecified atom stereocenters. The third-order valence-electron chi connectivity index (χ3n) is 4.76. The van der Waals surface area contributed by atoms with Crippen molar-refractivity contribution >= 4 is 23.7 Å². The van der Waals surface area contributed by atoms with Crippen LogP contribution in [0.4, 0.5) is 18.0 Å². The molecular weight excluding hydrogens is 395 g/mol. The smallest absolute Gasteiger partial charge is 0.452 e. The number of likely N-dealkylation sites (tertiary alicyclic amines) is 1. The zero-order valence-electron chi connectivity index (χ0n) is 17.1. The first-order valence-corrected chi connectivity index (χ1v) is 9.37. The molecule has 0 bridgehead atoms. The van der Waals surface area contributed by atoms with Crippen LogP contribution in [-0.4, -0.2) is 66.5 Å². The lowest BCUT2D eigenvalue weighted by atomic mass is 9.98. The van der Waals surface area contributed by atoms with Crippen molar-refractivity contribution < 1.29 is 37.1 Å². The summed E-state index contributed by atoms with van der Waals surface area (Å²) in [5, 5.41) is 4.57. The number of hydrogen-bond donors (Lipinski definition) is 2. The van der Waals surface area contributed by atoms with Crippen LogP contribution >= 0.6 is 0 Å². The second-order valence-electron chi connectivity index (χ2n) is 7.64. The van der Waals surface area contributed by atoms with Crippen LogP contribution in [0.3, 0.4) is 0 Å². The summed E-state index contributed by atoms with van der Waals surface area (Å²) in [7, 11) is 1.15. The number of Topliss-reactive ketones (excluding diaryl/α,β-unsaturated/α-hetero) is 1. The topological polar surface area (TPSA) is 105 Å². The van der Waals surface area contributed by atoms with E-state index in [1.54, 1.807) is 13.8 Å². The highest BCUT2D eigenvalue weighted by molar-refractivity contribution is 5.96. The molecule has 0 spiro atoms. The number of carbonyl (C=O) groups excluding carboxylic acids is 4. The van der Waals surface area contributed by atoms with Crippen LogP contribution in [0.5, 0.6) is 0 Å². The first kappa shape index (κ1) is 24.7. The SMILES string of the molecule is COC(=O)NC(C(=O)N1CCCC1C(=O)N[C@@H](C(=O)C(F)(F)F)C(C)C)C(C)C. The zero-order valence-corrected chi connectivity index (χ0v) is 17.1. The number of rotatable bonds is 7. The summed E-state index contributed by atoms with van der Waals surface area (Å²) in [6.45, 7) is 6.38. The Labute approximate surface area is 167 Å². The number of amides is 3. The van der Waals surface area contributed by atoms with Gasteiger partial charge in [0.15, 0.2) is 0 Å². The molecule has 29 heavy (non-hydrogen) atoms. The predicted molar refractivity (Wildman–Crippen MR) is 96.7 cm³/mol. The molecule has 8 nitrogen and oxygen atoms in total. The minimum absolute atomic E-state index is 0.211. The molecule has 11 heteroatoms. The molecule has 1 heterocycles. The van der Waals surface area contributed by atoms with Crippen LogP contribution in [0.25, 0.3) is 0 Å². The Hall–Kier alpha value is -2.33. The number of alkyl halides is 3. The Morgan fingerprint density at radius 3 is 2.00 bits per heavy atom. The average Bonchev–Trinajstić information content (AvgIpc) is 3.11. The van der Waals surface area contributed by atoms with Crippen LogP contribution in [0.15, 0.2) is 0 Å². The summed E-state index contributed by atoms with van der Waals surface area (Å²) in [6, 6.07) is -3.73. The van der Waals surface area contributed by atoms with Gasteiger partial charge in [-0.1, -0.05) is 27.7 Å². The molecule has 3 atom stereocenters. The maximum Gasteiger partial charge on any atom is 0.452 e. The van der Waals surface area contributed by atoms with Gasteiger partial charge in [-0.2, -0.15) is 13.2 Å². The van der Waals surface area contributed by atoms with Crippen molar-refractivity contribution in [3.63, 3.8) is 0 Å². The minimum atomic E-state index is -5.08. The first-order valence-electron chi connectivity index (χ1n) is 9.37. The Balaban J connectivity index is 2.99. The Morgan fingerprint density at radius 1 is 1.00 bits per heavy atom. The molecule has 1 saturated heterocycles. The number of hydrogen-bond acceptors (Lipinski definition) is 5. The van der Waals surface area contributed by atoms with Crippen molar-refractivity contribution in [3.8, 4) is 0 Å². The molecule has 0 saturated carbocycles. The Morgan fingerprint density at radius 2 is 1.55 bits per heavy atom. The van der Waals surface area contributed by atoms with Crippen LogP contribution < -0.4 is 10.6 Å². The molecule has 1 aliphatic rings. The quantitative estimate of drug-likeness (QED) is 0.648. The third kappa shape index (κ3) is 6.33. The normalized spacial score (nSPS) is 19.1. The molecule has 1 rings (SSSR count). The molecule has 3 amide bonds. The van der Waals surface area contributed by atoms with Gasteiger partial charge >= 0.3 is 12.3 Å². The van der Waals surface area contributed by atoms with E-state index < -0.39 is 53.9 Å². The van der Waals surface area contributed by atoms with Crippen LogP contribution in [0.1, 0.15) is 40.5 Å². The van der Waals surface area contributed by atoms with E-state index in [1.807, 2.05) is 0 Å². The van der Waals surface area contributed by atoms with Gasteiger partial charge in [-0.3, -0.25) is 14.4 Å². The molecule has 0 radical (unpaired) electrons. The lowest BCUT2D eigenvalue weighted by molar-refractivity contribution is -0.175. The van der Waals surface area contributed by atoms with E-state index in [0.717, 1.165) is 7.11 Å². The summed E-state index contributed by atoms with van der Waals surface area (Å²) in [4.78, 5) is 49.9. The molecule has 0 aliphatic carbocycles. The fourth-order valence-corrected chi connectivity index (χ4v) is 3.14. The highest BCUT2D eigenvalue weighted by atomic mass is 19.4. The number of nitrogens with one attached hydrogen (secondary N) is 2. The van der Waals surface area contributed by atoms with Crippen molar-refractivity contribution in [2.75, 3.05) is 13.7 Å². The van der Waals surface area contributed by atoms with E-state index in [1.165, 1.54) is 18.7 Å². The second-order valence-corrected chi connectivity index (χ2v) is 7.64. The molecule has 0 aromatic rings. The van der Waals surface area contributed by atoms with Gasteiger partial charge in [0.1, 0.15) is 12.1 Å². The van der Waals surface area contributed by atoms with Crippen molar-refractivity contribution in [1.29, 1.82) is 0 Å². The summed E-state index contributed by atoms with van der Waals surface area (Å²) in [6.07, 6.45) is -5.19. The van der Waals surface area contributed by atoms with E-state index >= 15 is 0 Å². The Bertz CT molecular complexity index is 637. The highest BCUT2D eigenvalue weighted by Gasteiger charge is 2.46. The number of ether oxygens (including phenoxy) is 1. The van der Waals surface area contributed by atoms with Gasteiger partial charge in [0.05, 0.1) is 13.2 Å². The van der Waals surface area contributed by atoms with Gasteiger partial charge in [-0.15, -0.1) is 0 Å². The van der Waals surface area contributed by atoms with Crippen LogP contribution in [0.2, 0.25) is 0 Å². The van der Waals surface area contributed by atoms with Crippen molar-refractivity contribution in [2.45, 2.75) is 64.8 Å². The van der Waals surface area contributed by atoms with Gasteiger partial charge in [-0.25, -0.2) is 4.79 Å². The summed E-state index contributed by atoms with van der Waals surface area (Å²) in [5.41, 5.74) is 0. The Kier molecular flexibility index (Phi) is 8.46. The van der Waals surface area contributed by atoms with E-state index in [9.17, 15) is 32.3 Å². The zero-order chi connectivity index (χ0) is 22.5. The van der Waals surface area contributed by atoms with E-state index in [4.69, 9.17) is 0 Å². The molecular formula is C18H28F3N3O5. The number of carbonyl (C=O) groups is 4. The fraction of sp³-hybridized carbons (Fsp3) is 0.778.